The van der Waals surface area contributed by atoms with Gasteiger partial charge in [0.15, 0.2) is 0 Å². The molecule has 2 unspecified atom stereocenters. The van der Waals surface area contributed by atoms with Gasteiger partial charge in [0.2, 0.25) is 5.91 Å². The number of hydrogen-bond donors (Lipinski definition) is 2. The van der Waals surface area contributed by atoms with E-state index in [2.05, 4.69) is 10.0 Å². The Labute approximate surface area is 140 Å². The van der Waals surface area contributed by atoms with Crippen LogP contribution in [-0.2, 0) is 14.8 Å². The van der Waals surface area contributed by atoms with E-state index in [0.717, 1.165) is 24.2 Å². The maximum atomic E-state index is 12.2. The molecule has 0 spiro atoms. The third kappa shape index (κ3) is 3.99. The second-order valence-corrected chi connectivity index (χ2v) is 8.46. The molecule has 9 heteroatoms. The average Bonchev–Trinajstić information content (AvgIpc) is 3.06. The highest BCUT2D eigenvalue weighted by Gasteiger charge is 2.31. The Balaban J connectivity index is 0.00000176. The number of carbonyl (C=O) groups is 1. The molecular weight excluding hydrogens is 346 g/mol. The van der Waals surface area contributed by atoms with Crippen molar-refractivity contribution >= 4 is 39.7 Å². The van der Waals surface area contributed by atoms with E-state index in [1.807, 2.05) is 0 Å². The molecule has 2 atom stereocenters. The number of nitrogens with one attached hydrogen (secondary N) is 2. The molecule has 0 radical (unpaired) electrons. The van der Waals surface area contributed by atoms with Crippen LogP contribution in [0.2, 0.25) is 0 Å². The maximum Gasteiger partial charge on any atom is 0.250 e. The first-order valence-corrected chi connectivity index (χ1v) is 9.48. The van der Waals surface area contributed by atoms with Crippen molar-refractivity contribution in [2.45, 2.75) is 35.6 Å². The Hall–Kier alpha value is -0.670. The molecule has 2 N–H and O–H groups in total. The van der Waals surface area contributed by atoms with Gasteiger partial charge >= 0.3 is 0 Å². The monoisotopic (exact) mass is 365 g/mol. The summed E-state index contributed by atoms with van der Waals surface area (Å²) in [6.07, 6.45) is 3.22. The predicted octanol–water partition coefficient (Wildman–Crippen LogP) is 0.801. The van der Waals surface area contributed by atoms with Crippen LogP contribution in [0.5, 0.6) is 0 Å². The lowest BCUT2D eigenvalue weighted by molar-refractivity contribution is -0.130. The van der Waals surface area contributed by atoms with E-state index >= 15 is 0 Å². The molecule has 2 aliphatic heterocycles. The molecule has 0 aromatic carbocycles. The van der Waals surface area contributed by atoms with E-state index in [-0.39, 0.29) is 29.1 Å². The van der Waals surface area contributed by atoms with Gasteiger partial charge in [0.25, 0.3) is 10.0 Å². The normalized spacial score (nSPS) is 24.6. The summed E-state index contributed by atoms with van der Waals surface area (Å²) in [7, 11) is -3.56. The van der Waals surface area contributed by atoms with Crippen LogP contribution in [0.4, 0.5) is 0 Å². The van der Waals surface area contributed by atoms with Crippen LogP contribution in [-0.4, -0.2) is 50.9 Å². The third-order valence-electron chi connectivity index (χ3n) is 4.05. The Morgan fingerprint density at radius 2 is 2.14 bits per heavy atom. The van der Waals surface area contributed by atoms with E-state index < -0.39 is 10.0 Å². The standard InChI is InChI=1S/C13H19N3O3S2.ClH/c17-12(8-14-21(18,19)13-2-1-7-20-13)16-6-5-10-3-4-11(9-16)15-10;/h1-2,7,10-11,14-15H,3-6,8-9H2;1H. The summed E-state index contributed by atoms with van der Waals surface area (Å²) in [5, 5.41) is 5.20. The van der Waals surface area contributed by atoms with E-state index in [1.165, 1.54) is 12.5 Å². The molecule has 2 aliphatic rings. The minimum atomic E-state index is -3.56. The van der Waals surface area contributed by atoms with Crippen LogP contribution in [0.3, 0.4) is 0 Å². The topological polar surface area (TPSA) is 78.5 Å². The first-order valence-electron chi connectivity index (χ1n) is 7.11. The quantitative estimate of drug-likeness (QED) is 0.827. The number of thiophene rings is 1. The van der Waals surface area contributed by atoms with Crippen molar-refractivity contribution in [3.05, 3.63) is 17.5 Å². The van der Waals surface area contributed by atoms with Gasteiger partial charge in [-0.25, -0.2) is 13.1 Å². The van der Waals surface area contributed by atoms with Crippen molar-refractivity contribution in [3.8, 4) is 0 Å². The fourth-order valence-electron chi connectivity index (χ4n) is 2.93. The smallest absolute Gasteiger partial charge is 0.250 e. The minimum absolute atomic E-state index is 0. The molecule has 3 heterocycles. The summed E-state index contributed by atoms with van der Waals surface area (Å²) in [6.45, 7) is 1.21. The number of halogens is 1. The second-order valence-electron chi connectivity index (χ2n) is 5.52. The molecule has 2 bridgehead atoms. The number of likely N-dealkylation sites (tertiary alicyclic amines) is 1. The van der Waals surface area contributed by atoms with Crippen molar-refractivity contribution in [1.82, 2.24) is 14.9 Å². The van der Waals surface area contributed by atoms with Crippen LogP contribution in [0.15, 0.2) is 21.7 Å². The van der Waals surface area contributed by atoms with Crippen molar-refractivity contribution < 1.29 is 13.2 Å². The Morgan fingerprint density at radius 1 is 1.36 bits per heavy atom. The summed E-state index contributed by atoms with van der Waals surface area (Å²) >= 11 is 1.14. The van der Waals surface area contributed by atoms with Crippen molar-refractivity contribution in [3.63, 3.8) is 0 Å². The largest absolute Gasteiger partial charge is 0.340 e. The van der Waals surface area contributed by atoms with E-state index in [4.69, 9.17) is 0 Å². The van der Waals surface area contributed by atoms with Crippen LogP contribution < -0.4 is 10.0 Å². The number of carbonyl (C=O) groups excluding carboxylic acids is 1. The first kappa shape index (κ1) is 17.7. The highest BCUT2D eigenvalue weighted by molar-refractivity contribution is 7.91. The first-order chi connectivity index (χ1) is 10.0. The number of hydrogen-bond acceptors (Lipinski definition) is 5. The second kappa shape index (κ2) is 7.27. The zero-order chi connectivity index (χ0) is 14.9. The molecule has 6 nitrogen and oxygen atoms in total. The zero-order valence-corrected chi connectivity index (χ0v) is 14.5. The number of sulfonamides is 1. The molecule has 1 aromatic heterocycles. The molecular formula is C13H20ClN3O3S2. The predicted molar refractivity (Wildman–Crippen MR) is 87.9 cm³/mol. The van der Waals surface area contributed by atoms with Gasteiger partial charge in [-0.3, -0.25) is 4.79 Å². The maximum absolute atomic E-state index is 12.2. The zero-order valence-electron chi connectivity index (χ0n) is 12.0. The minimum Gasteiger partial charge on any atom is -0.340 e. The van der Waals surface area contributed by atoms with Crippen molar-refractivity contribution in [2.24, 2.45) is 0 Å². The highest BCUT2D eigenvalue weighted by atomic mass is 35.5. The number of rotatable bonds is 4. The lowest BCUT2D eigenvalue weighted by Gasteiger charge is -2.24. The molecule has 0 aliphatic carbocycles. The average molecular weight is 366 g/mol. The van der Waals surface area contributed by atoms with Gasteiger partial charge in [0.1, 0.15) is 4.21 Å². The summed E-state index contributed by atoms with van der Waals surface area (Å²) in [5.41, 5.74) is 0. The molecule has 22 heavy (non-hydrogen) atoms. The SMILES string of the molecule is Cl.O=C(CNS(=O)(=O)c1cccs1)N1CCC2CCC(C1)N2. The third-order valence-corrected chi connectivity index (χ3v) is 6.85. The number of amides is 1. The van der Waals surface area contributed by atoms with Crippen LogP contribution in [0, 0.1) is 0 Å². The Bertz CT molecular complexity index is 606. The molecule has 124 valence electrons. The molecule has 0 saturated carbocycles. The summed E-state index contributed by atoms with van der Waals surface area (Å²) < 4.78 is 26.6. The highest BCUT2D eigenvalue weighted by Crippen LogP contribution is 2.20. The lowest BCUT2D eigenvalue weighted by atomic mass is 10.1. The summed E-state index contributed by atoms with van der Waals surface area (Å²) in [4.78, 5) is 14.0. The van der Waals surface area contributed by atoms with Gasteiger partial charge < -0.3 is 10.2 Å². The number of fused-ring (bicyclic) bond motifs is 2. The van der Waals surface area contributed by atoms with E-state index in [9.17, 15) is 13.2 Å². The lowest BCUT2D eigenvalue weighted by Crippen LogP contribution is -2.44. The molecule has 2 saturated heterocycles. The molecule has 3 rings (SSSR count). The van der Waals surface area contributed by atoms with E-state index in [1.54, 1.807) is 16.3 Å². The van der Waals surface area contributed by atoms with Crippen LogP contribution in [0.25, 0.3) is 0 Å². The molecule has 2 fully saturated rings. The fraction of sp³-hybridized carbons (Fsp3) is 0.615. The number of nitrogens with zero attached hydrogens (tertiary/aromatic N) is 1. The van der Waals surface area contributed by atoms with E-state index in [0.29, 0.717) is 25.2 Å². The summed E-state index contributed by atoms with van der Waals surface area (Å²) in [5.74, 6) is -0.149. The molecule has 1 amide bonds. The van der Waals surface area contributed by atoms with Gasteiger partial charge in [0.05, 0.1) is 6.54 Å². The Kier molecular flexibility index (Phi) is 5.84. The van der Waals surface area contributed by atoms with Gasteiger partial charge in [-0.15, -0.1) is 23.7 Å². The summed E-state index contributed by atoms with van der Waals surface area (Å²) in [6, 6.07) is 4.08. The van der Waals surface area contributed by atoms with Gasteiger partial charge in [0, 0.05) is 25.2 Å². The van der Waals surface area contributed by atoms with Crippen molar-refractivity contribution in [2.75, 3.05) is 19.6 Å². The van der Waals surface area contributed by atoms with Gasteiger partial charge in [-0.05, 0) is 30.7 Å². The van der Waals surface area contributed by atoms with Crippen molar-refractivity contribution in [1.29, 1.82) is 0 Å². The molecule has 1 aromatic rings. The van der Waals surface area contributed by atoms with Crippen LogP contribution >= 0.6 is 23.7 Å². The Morgan fingerprint density at radius 3 is 2.86 bits per heavy atom. The fourth-order valence-corrected chi connectivity index (χ4v) is 4.94. The van der Waals surface area contributed by atoms with Gasteiger partial charge in [-0.2, -0.15) is 0 Å². The van der Waals surface area contributed by atoms with Gasteiger partial charge in [-0.1, -0.05) is 6.07 Å². The van der Waals surface area contributed by atoms with Crippen LogP contribution in [0.1, 0.15) is 19.3 Å².